The second kappa shape index (κ2) is 11.4. The van der Waals surface area contributed by atoms with Crippen LogP contribution in [0, 0.1) is 23.7 Å². The fourth-order valence-electron chi connectivity index (χ4n) is 2.25. The predicted octanol–water partition coefficient (Wildman–Crippen LogP) is 5.61. The van der Waals surface area contributed by atoms with E-state index in [0.29, 0.717) is 0 Å². The molecule has 0 spiro atoms. The van der Waals surface area contributed by atoms with Crippen LogP contribution in [-0.2, 0) is 17.1 Å². The quantitative estimate of drug-likeness (QED) is 0.209. The first-order valence-electron chi connectivity index (χ1n) is 8.48. The Balaban J connectivity index is 0.000000187. The molecule has 0 nitrogen and oxygen atoms in total. The molecule has 0 N–H and O–H groups in total. The smallest absolute Gasteiger partial charge is 0 e. The summed E-state index contributed by atoms with van der Waals surface area (Å²) in [6, 6.07) is 36.0. The van der Waals surface area contributed by atoms with Crippen LogP contribution < -0.4 is 0 Å². The van der Waals surface area contributed by atoms with E-state index in [0.717, 1.165) is 22.3 Å². The molecule has 4 aromatic carbocycles. The normalized spacial score (nSPS) is 8.59. The van der Waals surface area contributed by atoms with Crippen molar-refractivity contribution in [1.82, 2.24) is 0 Å². The minimum atomic E-state index is 0. The molecule has 4 rings (SSSR count). The Morgan fingerprint density at radius 1 is 0.593 bits per heavy atom. The molecule has 0 saturated heterocycles. The van der Waals surface area contributed by atoms with Crippen LogP contribution in [0.5, 0.6) is 0 Å². The number of benzene rings is 2. The van der Waals surface area contributed by atoms with Gasteiger partial charge < -0.3 is 41.7 Å². The molecule has 0 unspecified atom stereocenters. The van der Waals surface area contributed by atoms with Crippen molar-refractivity contribution in [3.05, 3.63) is 131 Å². The molecule has 0 aliphatic heterocycles. The molecule has 0 amide bonds. The van der Waals surface area contributed by atoms with Gasteiger partial charge in [0.2, 0.25) is 0 Å². The van der Waals surface area contributed by atoms with E-state index in [4.69, 9.17) is 0 Å². The fraction of sp³-hybridized carbons (Fsp3) is 0. The van der Waals surface area contributed by atoms with E-state index in [1.165, 1.54) is 0 Å². The van der Waals surface area contributed by atoms with Gasteiger partial charge in [-0.05, 0) is 5.56 Å². The van der Waals surface area contributed by atoms with Crippen molar-refractivity contribution in [2.45, 2.75) is 0 Å². The average Bonchev–Trinajstić information content (AvgIpc) is 3.41. The van der Waals surface area contributed by atoms with Crippen LogP contribution in [0.25, 0.3) is 0 Å². The van der Waals surface area contributed by atoms with E-state index in [1.54, 1.807) is 0 Å². The number of hydrogen-bond acceptors (Lipinski definition) is 0. The third-order valence-corrected chi connectivity index (χ3v) is 3.58. The third kappa shape index (κ3) is 7.27. The molecule has 1 heteroatoms. The van der Waals surface area contributed by atoms with Crippen molar-refractivity contribution in [1.29, 1.82) is 0 Å². The molecule has 4 aromatic rings. The molecule has 0 fully saturated rings. The first-order valence-corrected chi connectivity index (χ1v) is 8.48. The minimum absolute atomic E-state index is 0. The molecule has 0 saturated carbocycles. The van der Waals surface area contributed by atoms with Crippen LogP contribution in [0.15, 0.2) is 109 Å². The van der Waals surface area contributed by atoms with Gasteiger partial charge in [0.05, 0.1) is 0 Å². The summed E-state index contributed by atoms with van der Waals surface area (Å²) in [5, 5.41) is 0. The molecule has 0 aliphatic carbocycles. The summed E-state index contributed by atoms with van der Waals surface area (Å²) in [4.78, 5) is 0. The first-order chi connectivity index (χ1) is 12.9. The van der Waals surface area contributed by atoms with Gasteiger partial charge in [-0.2, -0.15) is 29.5 Å². The van der Waals surface area contributed by atoms with Gasteiger partial charge in [0.1, 0.15) is 0 Å². The summed E-state index contributed by atoms with van der Waals surface area (Å²) in [6.45, 7) is 0. The van der Waals surface area contributed by atoms with Crippen LogP contribution in [0.1, 0.15) is 22.3 Å². The fourth-order valence-corrected chi connectivity index (χ4v) is 2.25. The molecule has 0 aliphatic rings. The third-order valence-electron chi connectivity index (χ3n) is 3.58. The maximum Gasteiger partial charge on any atom is 0 e. The van der Waals surface area contributed by atoms with Gasteiger partial charge in [-0.1, -0.05) is 66.2 Å². The summed E-state index contributed by atoms with van der Waals surface area (Å²) < 4.78 is 0. The Bertz CT molecular complexity index is 914. The molecular weight excluding hydrogens is 368 g/mol. The van der Waals surface area contributed by atoms with Crippen LogP contribution in [0.4, 0.5) is 0 Å². The first kappa shape index (κ1) is 20.1. The zero-order valence-corrected chi connectivity index (χ0v) is 15.9. The molecule has 0 heterocycles. The Morgan fingerprint density at radius 2 is 1.07 bits per heavy atom. The predicted molar refractivity (Wildman–Crippen MR) is 109 cm³/mol. The van der Waals surface area contributed by atoms with E-state index >= 15 is 0 Å². The van der Waals surface area contributed by atoms with E-state index < -0.39 is 0 Å². The second-order valence-electron chi connectivity index (χ2n) is 5.58. The van der Waals surface area contributed by atoms with Crippen LogP contribution in [0.3, 0.4) is 0 Å². The zero-order chi connectivity index (χ0) is 17.9. The van der Waals surface area contributed by atoms with Crippen molar-refractivity contribution >= 4 is 0 Å². The molecular formula is C26H18Fe-6. The molecule has 0 bridgehead atoms. The van der Waals surface area contributed by atoms with Gasteiger partial charge >= 0.3 is 0 Å². The van der Waals surface area contributed by atoms with Crippen molar-refractivity contribution in [2.24, 2.45) is 0 Å². The number of rotatable bonds is 0. The molecule has 0 atom stereocenters. The Labute approximate surface area is 172 Å². The van der Waals surface area contributed by atoms with Crippen molar-refractivity contribution in [2.75, 3.05) is 0 Å². The summed E-state index contributed by atoms with van der Waals surface area (Å²) in [7, 11) is 0. The minimum Gasteiger partial charge on any atom is -0.759 e. The molecule has 0 aromatic heterocycles. The monoisotopic (exact) mass is 386 g/mol. The van der Waals surface area contributed by atoms with Crippen molar-refractivity contribution in [3.63, 3.8) is 0 Å². The summed E-state index contributed by atoms with van der Waals surface area (Å²) >= 11 is 0. The van der Waals surface area contributed by atoms with Gasteiger partial charge in [0.15, 0.2) is 0 Å². The van der Waals surface area contributed by atoms with Gasteiger partial charge in [0.25, 0.3) is 0 Å². The Morgan fingerprint density at radius 3 is 1.59 bits per heavy atom. The van der Waals surface area contributed by atoms with E-state index in [1.807, 2.05) is 109 Å². The maximum atomic E-state index is 3.10. The summed E-state index contributed by atoms with van der Waals surface area (Å²) in [5.74, 6) is 12.4. The standard InChI is InChI=1S/2C13H9.Fe/c2*1-2-6-12(7-3-1)10-11-13-8-4-5-9-13;/h2*1-9H;/q-5;-1;. The van der Waals surface area contributed by atoms with E-state index in [-0.39, 0.29) is 17.1 Å². The van der Waals surface area contributed by atoms with Gasteiger partial charge in [-0.25, -0.2) is 0 Å². The Kier molecular flexibility index (Phi) is 8.49. The molecule has 27 heavy (non-hydrogen) atoms. The van der Waals surface area contributed by atoms with Crippen LogP contribution in [-0.4, -0.2) is 0 Å². The molecule has 0 radical (unpaired) electrons. The SMILES string of the molecule is C(#C[c-]1[cH-][cH-][cH-][cH-]1)c1ccccc1.C(#C[c-]1cccc1)c1ccccc1.[Fe]. The van der Waals surface area contributed by atoms with Gasteiger partial charge in [-0.3, -0.25) is 0 Å². The Hall–Kier alpha value is -3.22. The van der Waals surface area contributed by atoms with Crippen LogP contribution >= 0.6 is 0 Å². The second-order valence-corrected chi connectivity index (χ2v) is 5.58. The maximum absolute atomic E-state index is 3.10. The topological polar surface area (TPSA) is 0 Å². The zero-order valence-electron chi connectivity index (χ0n) is 14.7. The summed E-state index contributed by atoms with van der Waals surface area (Å²) in [6.07, 6.45) is 0. The van der Waals surface area contributed by atoms with Crippen molar-refractivity contribution < 1.29 is 17.1 Å². The number of hydrogen-bond donors (Lipinski definition) is 0. The molecule has 136 valence electrons. The average molecular weight is 386 g/mol. The largest absolute Gasteiger partial charge is 0.759 e. The van der Waals surface area contributed by atoms with Gasteiger partial charge in [-0.15, -0.1) is 12.1 Å². The summed E-state index contributed by atoms with van der Waals surface area (Å²) in [5.41, 5.74) is 4.26. The van der Waals surface area contributed by atoms with Crippen molar-refractivity contribution in [3.8, 4) is 23.7 Å². The van der Waals surface area contributed by atoms with E-state index in [9.17, 15) is 0 Å². The van der Waals surface area contributed by atoms with E-state index in [2.05, 4.69) is 23.7 Å². The van der Waals surface area contributed by atoms with Crippen LogP contribution in [0.2, 0.25) is 0 Å². The van der Waals surface area contributed by atoms with Gasteiger partial charge in [0, 0.05) is 17.1 Å².